The molecule has 0 fully saturated rings. The molecule has 0 saturated heterocycles. The fourth-order valence-corrected chi connectivity index (χ4v) is 2.53. The summed E-state index contributed by atoms with van der Waals surface area (Å²) in [7, 11) is 0. The van der Waals surface area contributed by atoms with E-state index >= 15 is 0 Å². The lowest BCUT2D eigenvalue weighted by molar-refractivity contribution is 0.719. The predicted octanol–water partition coefficient (Wildman–Crippen LogP) is 4.11. The molecule has 0 heterocycles. The number of halogens is 1. The number of aliphatic imine (C=N–C) groups is 1. The first kappa shape index (κ1) is 21.6. The molecule has 0 aliphatic rings. The highest BCUT2D eigenvalue weighted by molar-refractivity contribution is 14.0. The van der Waals surface area contributed by atoms with E-state index in [1.807, 2.05) is 11.8 Å². The highest BCUT2D eigenvalue weighted by atomic mass is 127. The Morgan fingerprint density at radius 3 is 2.55 bits per heavy atom. The average Bonchev–Trinajstić information content (AvgIpc) is 2.52. The first-order chi connectivity index (χ1) is 10.3. The van der Waals surface area contributed by atoms with Gasteiger partial charge in [0, 0.05) is 25.6 Å². The maximum Gasteiger partial charge on any atom is 0.191 e. The van der Waals surface area contributed by atoms with Gasteiger partial charge in [-0.05, 0) is 37.3 Å². The molecule has 0 spiro atoms. The Morgan fingerprint density at radius 2 is 1.91 bits per heavy atom. The van der Waals surface area contributed by atoms with Crippen LogP contribution in [0.3, 0.4) is 0 Å². The van der Waals surface area contributed by atoms with Crippen molar-refractivity contribution in [3.8, 4) is 0 Å². The highest BCUT2D eigenvalue weighted by Crippen LogP contribution is 2.14. The van der Waals surface area contributed by atoms with Gasteiger partial charge in [-0.2, -0.15) is 11.8 Å². The SMILES string of the molecule is CCNC(=NCC(C)c1ccccc1)NCCCCSC.I. The van der Waals surface area contributed by atoms with E-state index in [0.29, 0.717) is 5.92 Å². The first-order valence-electron chi connectivity index (χ1n) is 7.84. The van der Waals surface area contributed by atoms with Crippen LogP contribution in [-0.2, 0) is 0 Å². The maximum absolute atomic E-state index is 4.70. The summed E-state index contributed by atoms with van der Waals surface area (Å²) in [5.41, 5.74) is 1.34. The lowest BCUT2D eigenvalue weighted by atomic mass is 10.0. The minimum atomic E-state index is 0. The van der Waals surface area contributed by atoms with Crippen LogP contribution < -0.4 is 10.6 Å². The van der Waals surface area contributed by atoms with E-state index in [0.717, 1.165) is 25.6 Å². The molecule has 0 bridgehead atoms. The summed E-state index contributed by atoms with van der Waals surface area (Å²) in [5, 5.41) is 6.73. The molecule has 0 saturated carbocycles. The van der Waals surface area contributed by atoms with Gasteiger partial charge in [0.2, 0.25) is 0 Å². The first-order valence-corrected chi connectivity index (χ1v) is 9.23. The van der Waals surface area contributed by atoms with Crippen molar-refractivity contribution in [2.24, 2.45) is 4.99 Å². The summed E-state index contributed by atoms with van der Waals surface area (Å²) in [6.07, 6.45) is 4.61. The Hall–Kier alpha value is -0.430. The van der Waals surface area contributed by atoms with E-state index in [2.05, 4.69) is 61.1 Å². The topological polar surface area (TPSA) is 36.4 Å². The van der Waals surface area contributed by atoms with Gasteiger partial charge in [0.05, 0.1) is 0 Å². The fraction of sp³-hybridized carbons (Fsp3) is 0.588. The van der Waals surface area contributed by atoms with Gasteiger partial charge < -0.3 is 10.6 Å². The Morgan fingerprint density at radius 1 is 1.18 bits per heavy atom. The molecule has 2 N–H and O–H groups in total. The smallest absolute Gasteiger partial charge is 0.191 e. The summed E-state index contributed by atoms with van der Waals surface area (Å²) in [4.78, 5) is 4.70. The Labute approximate surface area is 157 Å². The van der Waals surface area contributed by atoms with E-state index in [-0.39, 0.29) is 24.0 Å². The molecule has 1 aromatic rings. The number of unbranched alkanes of at least 4 members (excludes halogenated alkanes) is 1. The molecule has 0 amide bonds. The molecular weight excluding hydrogens is 405 g/mol. The van der Waals surface area contributed by atoms with Crippen LogP contribution in [0.2, 0.25) is 0 Å². The van der Waals surface area contributed by atoms with Crippen LogP contribution in [0.25, 0.3) is 0 Å². The quantitative estimate of drug-likeness (QED) is 0.265. The van der Waals surface area contributed by atoms with Crippen LogP contribution in [0.4, 0.5) is 0 Å². The number of hydrogen-bond acceptors (Lipinski definition) is 2. The summed E-state index contributed by atoms with van der Waals surface area (Å²) in [5.74, 6) is 2.61. The largest absolute Gasteiger partial charge is 0.357 e. The van der Waals surface area contributed by atoms with E-state index in [9.17, 15) is 0 Å². The van der Waals surface area contributed by atoms with Gasteiger partial charge >= 0.3 is 0 Å². The second kappa shape index (κ2) is 14.2. The Bertz CT molecular complexity index is 398. The Balaban J connectivity index is 0.00000441. The molecule has 5 heteroatoms. The number of benzene rings is 1. The number of nitrogens with zero attached hydrogens (tertiary/aromatic N) is 1. The van der Waals surface area contributed by atoms with Gasteiger partial charge in [0.25, 0.3) is 0 Å². The van der Waals surface area contributed by atoms with Gasteiger partial charge in [-0.25, -0.2) is 0 Å². The zero-order valence-corrected chi connectivity index (χ0v) is 17.1. The average molecular weight is 435 g/mol. The molecule has 1 atom stereocenters. The minimum absolute atomic E-state index is 0. The standard InChI is InChI=1S/C17H29N3S.HI/c1-4-18-17(19-12-8-9-13-21-3)20-14-15(2)16-10-6-5-7-11-16;/h5-7,10-11,15H,4,8-9,12-14H2,1-3H3,(H2,18,19,20);1H. The van der Waals surface area contributed by atoms with Crippen LogP contribution in [-0.4, -0.2) is 37.6 Å². The number of rotatable bonds is 9. The summed E-state index contributed by atoms with van der Waals surface area (Å²) < 4.78 is 0. The van der Waals surface area contributed by atoms with Crippen molar-refractivity contribution in [3.63, 3.8) is 0 Å². The molecular formula is C17H30IN3S. The molecule has 0 aliphatic heterocycles. The molecule has 0 aromatic heterocycles. The molecule has 1 unspecified atom stereocenters. The van der Waals surface area contributed by atoms with Crippen LogP contribution in [0.1, 0.15) is 38.2 Å². The third-order valence-corrected chi connectivity index (χ3v) is 4.00. The van der Waals surface area contributed by atoms with Gasteiger partial charge in [0.15, 0.2) is 5.96 Å². The molecule has 3 nitrogen and oxygen atoms in total. The molecule has 22 heavy (non-hydrogen) atoms. The second-order valence-corrected chi connectivity index (χ2v) is 6.14. The third-order valence-electron chi connectivity index (χ3n) is 3.30. The van der Waals surface area contributed by atoms with Crippen LogP contribution in [0, 0.1) is 0 Å². The van der Waals surface area contributed by atoms with E-state index in [4.69, 9.17) is 4.99 Å². The number of nitrogens with one attached hydrogen (secondary N) is 2. The van der Waals surface area contributed by atoms with Crippen molar-refractivity contribution >= 4 is 41.7 Å². The molecule has 1 aromatic carbocycles. The number of hydrogen-bond donors (Lipinski definition) is 2. The maximum atomic E-state index is 4.70. The van der Waals surface area contributed by atoms with Crippen molar-refractivity contribution in [2.75, 3.05) is 31.6 Å². The monoisotopic (exact) mass is 435 g/mol. The van der Waals surface area contributed by atoms with Crippen molar-refractivity contribution < 1.29 is 0 Å². The molecule has 126 valence electrons. The van der Waals surface area contributed by atoms with Gasteiger partial charge in [-0.1, -0.05) is 37.3 Å². The Kier molecular flexibility index (Phi) is 13.9. The van der Waals surface area contributed by atoms with Gasteiger partial charge in [0.1, 0.15) is 0 Å². The third kappa shape index (κ3) is 9.56. The fourth-order valence-electron chi connectivity index (χ4n) is 2.04. The van der Waals surface area contributed by atoms with Crippen molar-refractivity contribution in [2.45, 2.75) is 32.6 Å². The van der Waals surface area contributed by atoms with Gasteiger partial charge in [-0.3, -0.25) is 4.99 Å². The normalized spacial score (nSPS) is 12.4. The predicted molar refractivity (Wildman–Crippen MR) is 112 cm³/mol. The highest BCUT2D eigenvalue weighted by Gasteiger charge is 2.04. The van der Waals surface area contributed by atoms with Gasteiger partial charge in [-0.15, -0.1) is 24.0 Å². The second-order valence-electron chi connectivity index (χ2n) is 5.16. The van der Waals surface area contributed by atoms with E-state index in [1.54, 1.807) is 0 Å². The van der Waals surface area contributed by atoms with Crippen molar-refractivity contribution in [3.05, 3.63) is 35.9 Å². The zero-order valence-electron chi connectivity index (χ0n) is 14.0. The van der Waals surface area contributed by atoms with Crippen molar-refractivity contribution in [1.29, 1.82) is 0 Å². The van der Waals surface area contributed by atoms with E-state index < -0.39 is 0 Å². The van der Waals surface area contributed by atoms with Crippen LogP contribution in [0.15, 0.2) is 35.3 Å². The number of guanidine groups is 1. The summed E-state index contributed by atoms with van der Waals surface area (Å²) in [6, 6.07) is 10.6. The van der Waals surface area contributed by atoms with E-state index in [1.165, 1.54) is 24.2 Å². The lowest BCUT2D eigenvalue weighted by Gasteiger charge is -2.13. The summed E-state index contributed by atoms with van der Waals surface area (Å²) >= 11 is 1.91. The molecule has 0 radical (unpaired) electrons. The zero-order chi connectivity index (χ0) is 15.3. The number of thioether (sulfide) groups is 1. The minimum Gasteiger partial charge on any atom is -0.357 e. The van der Waals surface area contributed by atoms with Crippen molar-refractivity contribution in [1.82, 2.24) is 10.6 Å². The van der Waals surface area contributed by atoms with Crippen LogP contribution in [0.5, 0.6) is 0 Å². The molecule has 1 rings (SSSR count). The van der Waals surface area contributed by atoms with Crippen LogP contribution >= 0.6 is 35.7 Å². The molecule has 0 aliphatic carbocycles. The summed E-state index contributed by atoms with van der Waals surface area (Å²) in [6.45, 7) is 7.03. The lowest BCUT2D eigenvalue weighted by Crippen LogP contribution is -2.38.